The Labute approximate surface area is 90.1 Å². The van der Waals surface area contributed by atoms with Crippen molar-refractivity contribution in [3.63, 3.8) is 0 Å². The van der Waals surface area contributed by atoms with Gasteiger partial charge in [0.15, 0.2) is 0 Å². The number of aromatic nitrogens is 6. The number of rotatable bonds is 3. The van der Waals surface area contributed by atoms with Crippen molar-refractivity contribution in [1.29, 1.82) is 0 Å². The lowest BCUT2D eigenvalue weighted by Crippen LogP contribution is -2.02. The first kappa shape index (κ1) is 9.99. The third-order valence-corrected chi connectivity index (χ3v) is 2.82. The van der Waals surface area contributed by atoms with E-state index in [4.69, 9.17) is 5.73 Å². The Hall–Kier alpha value is -1.54. The van der Waals surface area contributed by atoms with E-state index in [1.54, 1.807) is 17.9 Å². The topological polar surface area (TPSA) is 95.4 Å². The molecule has 0 spiro atoms. The average Bonchev–Trinajstić information content (AvgIpc) is 2.65. The van der Waals surface area contributed by atoms with E-state index in [0.29, 0.717) is 11.7 Å². The van der Waals surface area contributed by atoms with Crippen LogP contribution in [0.4, 0.5) is 0 Å². The minimum Gasteiger partial charge on any atom is -0.326 e. The molecule has 0 aliphatic heterocycles. The van der Waals surface area contributed by atoms with E-state index >= 15 is 0 Å². The van der Waals surface area contributed by atoms with Crippen LogP contribution in [0.1, 0.15) is 5.56 Å². The summed E-state index contributed by atoms with van der Waals surface area (Å²) in [5.41, 5.74) is 6.51. The van der Waals surface area contributed by atoms with Gasteiger partial charge in [0.25, 0.3) is 0 Å². The van der Waals surface area contributed by atoms with E-state index in [1.165, 1.54) is 11.8 Å². The molecule has 2 aromatic rings. The SMILES string of the molecule is Cn1nnnc1Sc1nnccc1CN. The molecule has 0 unspecified atom stereocenters. The molecule has 0 saturated carbocycles. The molecule has 15 heavy (non-hydrogen) atoms. The molecule has 0 fully saturated rings. The van der Waals surface area contributed by atoms with Crippen LogP contribution in [0.15, 0.2) is 22.4 Å². The molecule has 0 atom stereocenters. The standard InChI is InChI=1S/C7H9N7S/c1-14-7(11-12-13-14)15-6-5(4-8)2-3-9-10-6/h2-3H,4,8H2,1H3. The number of aryl methyl sites for hydroxylation is 1. The minimum absolute atomic E-state index is 0.420. The van der Waals surface area contributed by atoms with E-state index in [-0.39, 0.29) is 0 Å². The Bertz CT molecular complexity index is 454. The number of nitrogens with two attached hydrogens (primary N) is 1. The van der Waals surface area contributed by atoms with Crippen LogP contribution in [0.2, 0.25) is 0 Å². The number of hydrogen-bond acceptors (Lipinski definition) is 7. The van der Waals surface area contributed by atoms with Crippen LogP contribution in [-0.4, -0.2) is 30.4 Å². The van der Waals surface area contributed by atoms with E-state index in [0.717, 1.165) is 10.6 Å². The molecule has 78 valence electrons. The predicted molar refractivity (Wildman–Crippen MR) is 52.8 cm³/mol. The highest BCUT2D eigenvalue weighted by molar-refractivity contribution is 7.99. The fourth-order valence-corrected chi connectivity index (χ4v) is 1.77. The first-order valence-electron chi connectivity index (χ1n) is 4.22. The second kappa shape index (κ2) is 4.32. The monoisotopic (exact) mass is 223 g/mol. The second-order valence-corrected chi connectivity index (χ2v) is 3.71. The highest BCUT2D eigenvalue weighted by Gasteiger charge is 2.09. The van der Waals surface area contributed by atoms with E-state index < -0.39 is 0 Å². The molecule has 8 heteroatoms. The van der Waals surface area contributed by atoms with E-state index in [1.807, 2.05) is 6.07 Å². The maximum Gasteiger partial charge on any atom is 0.215 e. The Morgan fingerprint density at radius 1 is 1.47 bits per heavy atom. The lowest BCUT2D eigenvalue weighted by Gasteiger charge is -2.02. The Balaban J connectivity index is 2.28. The van der Waals surface area contributed by atoms with E-state index in [2.05, 4.69) is 25.7 Å². The molecular formula is C7H9N7S. The smallest absolute Gasteiger partial charge is 0.215 e. The van der Waals surface area contributed by atoms with Crippen LogP contribution in [0.3, 0.4) is 0 Å². The number of nitrogens with zero attached hydrogens (tertiary/aromatic N) is 6. The lowest BCUT2D eigenvalue weighted by atomic mass is 10.3. The maximum absolute atomic E-state index is 5.58. The van der Waals surface area contributed by atoms with Gasteiger partial charge in [-0.2, -0.15) is 5.10 Å². The summed E-state index contributed by atoms with van der Waals surface area (Å²) in [4.78, 5) is 0. The maximum atomic E-state index is 5.58. The molecule has 0 aliphatic carbocycles. The summed E-state index contributed by atoms with van der Waals surface area (Å²) in [5.74, 6) is 0. The zero-order chi connectivity index (χ0) is 10.7. The van der Waals surface area contributed by atoms with Crippen molar-refractivity contribution in [2.45, 2.75) is 16.7 Å². The largest absolute Gasteiger partial charge is 0.326 e. The van der Waals surface area contributed by atoms with Crippen molar-refractivity contribution < 1.29 is 0 Å². The van der Waals surface area contributed by atoms with Crippen molar-refractivity contribution in [1.82, 2.24) is 30.4 Å². The highest BCUT2D eigenvalue weighted by atomic mass is 32.2. The van der Waals surface area contributed by atoms with Gasteiger partial charge in [0.05, 0.1) is 0 Å². The second-order valence-electron chi connectivity index (χ2n) is 2.75. The third kappa shape index (κ3) is 2.10. The summed E-state index contributed by atoms with van der Waals surface area (Å²) in [6, 6.07) is 1.83. The molecule has 2 rings (SSSR count). The van der Waals surface area contributed by atoms with Gasteiger partial charge in [-0.15, -0.1) is 10.2 Å². The van der Waals surface area contributed by atoms with Crippen LogP contribution >= 0.6 is 11.8 Å². The molecule has 0 saturated heterocycles. The molecule has 7 nitrogen and oxygen atoms in total. The molecule has 2 N–H and O–H groups in total. The number of tetrazole rings is 1. The first-order chi connectivity index (χ1) is 7.31. The first-order valence-corrected chi connectivity index (χ1v) is 5.03. The van der Waals surface area contributed by atoms with Crippen LogP contribution in [0.5, 0.6) is 0 Å². The zero-order valence-corrected chi connectivity index (χ0v) is 8.85. The van der Waals surface area contributed by atoms with Gasteiger partial charge in [-0.3, -0.25) is 0 Å². The molecule has 0 aliphatic rings. The van der Waals surface area contributed by atoms with Crippen LogP contribution in [0, 0.1) is 0 Å². The van der Waals surface area contributed by atoms with Crippen molar-refractivity contribution >= 4 is 11.8 Å². The molecule has 2 heterocycles. The van der Waals surface area contributed by atoms with Gasteiger partial charge < -0.3 is 5.73 Å². The molecule has 2 aromatic heterocycles. The van der Waals surface area contributed by atoms with Gasteiger partial charge in [-0.1, -0.05) is 0 Å². The van der Waals surface area contributed by atoms with Crippen LogP contribution in [-0.2, 0) is 13.6 Å². The summed E-state index contributed by atoms with van der Waals surface area (Å²) in [6.45, 7) is 0.420. The van der Waals surface area contributed by atoms with Crippen LogP contribution in [0.25, 0.3) is 0 Å². The summed E-state index contributed by atoms with van der Waals surface area (Å²) < 4.78 is 1.57. The molecule has 0 amide bonds. The quantitative estimate of drug-likeness (QED) is 0.757. The Kier molecular flexibility index (Phi) is 2.88. The van der Waals surface area contributed by atoms with Gasteiger partial charge in [0.1, 0.15) is 5.03 Å². The normalized spacial score (nSPS) is 10.5. The fraction of sp³-hybridized carbons (Fsp3) is 0.286. The predicted octanol–water partition coefficient (Wildman–Crippen LogP) is -0.390. The Morgan fingerprint density at radius 2 is 2.33 bits per heavy atom. The number of hydrogen-bond donors (Lipinski definition) is 1. The molecule has 0 bridgehead atoms. The molecule has 0 aromatic carbocycles. The van der Waals surface area contributed by atoms with Gasteiger partial charge in [-0.05, 0) is 28.3 Å². The average molecular weight is 223 g/mol. The highest BCUT2D eigenvalue weighted by Crippen LogP contribution is 2.24. The van der Waals surface area contributed by atoms with Crippen molar-refractivity contribution in [3.8, 4) is 0 Å². The van der Waals surface area contributed by atoms with E-state index in [9.17, 15) is 0 Å². The van der Waals surface area contributed by atoms with Crippen molar-refractivity contribution in [3.05, 3.63) is 17.8 Å². The van der Waals surface area contributed by atoms with Gasteiger partial charge in [0.2, 0.25) is 5.16 Å². The van der Waals surface area contributed by atoms with Crippen molar-refractivity contribution in [2.24, 2.45) is 12.8 Å². The summed E-state index contributed by atoms with van der Waals surface area (Å²) in [5, 5.41) is 20.3. The lowest BCUT2D eigenvalue weighted by molar-refractivity contribution is 0.663. The zero-order valence-electron chi connectivity index (χ0n) is 8.03. The van der Waals surface area contributed by atoms with Crippen molar-refractivity contribution in [2.75, 3.05) is 0 Å². The summed E-state index contributed by atoms with van der Waals surface area (Å²) in [6.07, 6.45) is 1.61. The molecule has 0 radical (unpaired) electrons. The van der Waals surface area contributed by atoms with Crippen LogP contribution < -0.4 is 5.73 Å². The summed E-state index contributed by atoms with van der Waals surface area (Å²) >= 11 is 1.35. The fourth-order valence-electron chi connectivity index (χ4n) is 0.980. The van der Waals surface area contributed by atoms with Gasteiger partial charge >= 0.3 is 0 Å². The van der Waals surface area contributed by atoms with Gasteiger partial charge in [-0.25, -0.2) is 4.68 Å². The third-order valence-electron chi connectivity index (χ3n) is 1.75. The summed E-state index contributed by atoms with van der Waals surface area (Å²) in [7, 11) is 1.76. The minimum atomic E-state index is 0.420. The molecular weight excluding hydrogens is 214 g/mol. The van der Waals surface area contributed by atoms with Gasteiger partial charge in [0, 0.05) is 25.4 Å². The Morgan fingerprint density at radius 3 is 3.00 bits per heavy atom.